The van der Waals surface area contributed by atoms with Crippen LogP contribution in [0.25, 0.3) is 0 Å². The molecule has 3 rings (SSSR count). The largest absolute Gasteiger partial charge is 0.497 e. The normalized spacial score (nSPS) is 15.2. The zero-order chi connectivity index (χ0) is 18.4. The highest BCUT2D eigenvalue weighted by Crippen LogP contribution is 2.21. The summed E-state index contributed by atoms with van der Waals surface area (Å²) in [6.07, 6.45) is 2.53. The van der Waals surface area contributed by atoms with Crippen LogP contribution < -0.4 is 10.1 Å². The quantitative estimate of drug-likeness (QED) is 0.832. The summed E-state index contributed by atoms with van der Waals surface area (Å²) in [4.78, 5) is 14.8. The fourth-order valence-electron chi connectivity index (χ4n) is 3.58. The molecule has 0 fully saturated rings. The summed E-state index contributed by atoms with van der Waals surface area (Å²) < 4.78 is 5.15. The second-order valence-electron chi connectivity index (χ2n) is 6.88. The number of benzene rings is 2. The van der Waals surface area contributed by atoms with Gasteiger partial charge in [0, 0.05) is 25.7 Å². The fraction of sp³-hybridized carbons (Fsp3) is 0.409. The SMILES string of the molecule is CC[C@@H](CNC(=O)Cc1ccc(OC)cc1)N1CCc2ccccc2C1. The molecule has 0 radical (unpaired) electrons. The smallest absolute Gasteiger partial charge is 0.224 e. The van der Waals surface area contributed by atoms with Crippen molar-refractivity contribution >= 4 is 5.91 Å². The van der Waals surface area contributed by atoms with Crippen LogP contribution in [0.4, 0.5) is 0 Å². The minimum atomic E-state index is 0.0750. The van der Waals surface area contributed by atoms with E-state index < -0.39 is 0 Å². The van der Waals surface area contributed by atoms with E-state index in [1.54, 1.807) is 7.11 Å². The average molecular weight is 352 g/mol. The van der Waals surface area contributed by atoms with Gasteiger partial charge >= 0.3 is 0 Å². The Kier molecular flexibility index (Phi) is 6.29. The number of fused-ring (bicyclic) bond motifs is 1. The summed E-state index contributed by atoms with van der Waals surface area (Å²) in [6, 6.07) is 16.7. The van der Waals surface area contributed by atoms with Crippen molar-refractivity contribution in [3.05, 3.63) is 65.2 Å². The molecule has 4 nitrogen and oxygen atoms in total. The molecule has 26 heavy (non-hydrogen) atoms. The minimum Gasteiger partial charge on any atom is -0.497 e. The first-order valence-corrected chi connectivity index (χ1v) is 9.40. The van der Waals surface area contributed by atoms with Gasteiger partial charge in [-0.2, -0.15) is 0 Å². The highest BCUT2D eigenvalue weighted by molar-refractivity contribution is 5.78. The number of hydrogen-bond acceptors (Lipinski definition) is 3. The Balaban J connectivity index is 1.51. The summed E-state index contributed by atoms with van der Waals surface area (Å²) >= 11 is 0. The van der Waals surface area contributed by atoms with Crippen LogP contribution in [-0.2, 0) is 24.2 Å². The number of carbonyl (C=O) groups is 1. The van der Waals surface area contributed by atoms with Crippen LogP contribution in [0.15, 0.2) is 48.5 Å². The second-order valence-corrected chi connectivity index (χ2v) is 6.88. The molecule has 1 aliphatic heterocycles. The lowest BCUT2D eigenvalue weighted by atomic mass is 9.98. The van der Waals surface area contributed by atoms with Crippen molar-refractivity contribution in [3.8, 4) is 5.75 Å². The van der Waals surface area contributed by atoms with Crippen LogP contribution in [0.2, 0.25) is 0 Å². The van der Waals surface area contributed by atoms with Gasteiger partial charge < -0.3 is 10.1 Å². The maximum atomic E-state index is 12.3. The van der Waals surface area contributed by atoms with Gasteiger partial charge in [-0.25, -0.2) is 0 Å². The molecular weight excluding hydrogens is 324 g/mol. The Labute approximate surface area is 156 Å². The molecule has 0 spiro atoms. The summed E-state index contributed by atoms with van der Waals surface area (Å²) in [5.41, 5.74) is 3.88. The van der Waals surface area contributed by atoms with Crippen LogP contribution in [0, 0.1) is 0 Å². The van der Waals surface area contributed by atoms with Crippen molar-refractivity contribution in [1.82, 2.24) is 10.2 Å². The third kappa shape index (κ3) is 4.64. The standard InChI is InChI=1S/C22H28N2O2/c1-3-20(24-13-12-18-6-4-5-7-19(18)16-24)15-23-22(25)14-17-8-10-21(26-2)11-9-17/h4-11,20H,3,12-16H2,1-2H3,(H,23,25)/t20-/m0/s1. The van der Waals surface area contributed by atoms with Gasteiger partial charge in [0.25, 0.3) is 0 Å². The number of amides is 1. The highest BCUT2D eigenvalue weighted by Gasteiger charge is 2.22. The maximum Gasteiger partial charge on any atom is 0.224 e. The fourth-order valence-corrected chi connectivity index (χ4v) is 3.58. The lowest BCUT2D eigenvalue weighted by molar-refractivity contribution is -0.120. The molecule has 0 aromatic heterocycles. The van der Waals surface area contributed by atoms with Crippen LogP contribution in [0.5, 0.6) is 5.75 Å². The Morgan fingerprint density at radius 1 is 1.15 bits per heavy atom. The van der Waals surface area contributed by atoms with Gasteiger partial charge in [-0.3, -0.25) is 9.69 Å². The zero-order valence-corrected chi connectivity index (χ0v) is 15.7. The number of nitrogens with zero attached hydrogens (tertiary/aromatic N) is 1. The van der Waals surface area contributed by atoms with E-state index in [4.69, 9.17) is 4.74 Å². The average Bonchev–Trinajstić information content (AvgIpc) is 2.69. The van der Waals surface area contributed by atoms with Gasteiger partial charge in [0.1, 0.15) is 5.75 Å². The van der Waals surface area contributed by atoms with E-state index in [9.17, 15) is 4.79 Å². The molecule has 4 heteroatoms. The van der Waals surface area contributed by atoms with Crippen LogP contribution in [0.3, 0.4) is 0 Å². The topological polar surface area (TPSA) is 41.6 Å². The molecule has 1 atom stereocenters. The van der Waals surface area contributed by atoms with Crippen molar-refractivity contribution in [2.45, 2.75) is 38.8 Å². The van der Waals surface area contributed by atoms with E-state index >= 15 is 0 Å². The summed E-state index contributed by atoms with van der Waals surface area (Å²) in [5.74, 6) is 0.886. The van der Waals surface area contributed by atoms with Crippen molar-refractivity contribution in [1.29, 1.82) is 0 Å². The van der Waals surface area contributed by atoms with Crippen molar-refractivity contribution in [3.63, 3.8) is 0 Å². The van der Waals surface area contributed by atoms with Crippen molar-refractivity contribution in [2.75, 3.05) is 20.2 Å². The Hall–Kier alpha value is -2.33. The molecule has 1 aliphatic rings. The minimum absolute atomic E-state index is 0.0750. The van der Waals surface area contributed by atoms with Gasteiger partial charge in [-0.15, -0.1) is 0 Å². The lowest BCUT2D eigenvalue weighted by Gasteiger charge is -2.35. The monoisotopic (exact) mass is 352 g/mol. The van der Waals surface area contributed by atoms with Crippen LogP contribution in [0.1, 0.15) is 30.0 Å². The molecular formula is C22H28N2O2. The van der Waals surface area contributed by atoms with E-state index in [1.165, 1.54) is 11.1 Å². The highest BCUT2D eigenvalue weighted by atomic mass is 16.5. The Bertz CT molecular complexity index is 727. The molecule has 1 amide bonds. The molecule has 1 N–H and O–H groups in total. The van der Waals surface area contributed by atoms with Crippen molar-refractivity contribution in [2.24, 2.45) is 0 Å². The van der Waals surface area contributed by atoms with Gasteiger partial charge in [0.15, 0.2) is 0 Å². The maximum absolute atomic E-state index is 12.3. The number of nitrogens with one attached hydrogen (secondary N) is 1. The van der Waals surface area contributed by atoms with E-state index in [0.29, 0.717) is 19.0 Å². The number of carbonyl (C=O) groups excluding carboxylic acids is 1. The number of methoxy groups -OCH3 is 1. The summed E-state index contributed by atoms with van der Waals surface area (Å²) in [7, 11) is 1.64. The Morgan fingerprint density at radius 2 is 1.88 bits per heavy atom. The van der Waals surface area contributed by atoms with Crippen LogP contribution in [-0.4, -0.2) is 37.0 Å². The number of hydrogen-bond donors (Lipinski definition) is 1. The predicted octanol–water partition coefficient (Wildman–Crippen LogP) is 3.19. The second kappa shape index (κ2) is 8.86. The van der Waals surface area contributed by atoms with E-state index in [1.807, 2.05) is 24.3 Å². The van der Waals surface area contributed by atoms with E-state index in [0.717, 1.165) is 37.2 Å². The summed E-state index contributed by atoms with van der Waals surface area (Å²) in [6.45, 7) is 4.93. The lowest BCUT2D eigenvalue weighted by Crippen LogP contribution is -2.46. The van der Waals surface area contributed by atoms with Gasteiger partial charge in [-0.1, -0.05) is 43.3 Å². The van der Waals surface area contributed by atoms with E-state index in [-0.39, 0.29) is 5.91 Å². The van der Waals surface area contributed by atoms with Gasteiger partial charge in [0.2, 0.25) is 5.91 Å². The molecule has 1 heterocycles. The third-order valence-electron chi connectivity index (χ3n) is 5.21. The van der Waals surface area contributed by atoms with E-state index in [2.05, 4.69) is 41.4 Å². The molecule has 0 saturated heterocycles. The first-order chi connectivity index (χ1) is 12.7. The first kappa shape index (κ1) is 18.5. The van der Waals surface area contributed by atoms with Gasteiger partial charge in [-0.05, 0) is 41.7 Å². The third-order valence-corrected chi connectivity index (χ3v) is 5.21. The molecule has 0 bridgehead atoms. The molecule has 2 aromatic carbocycles. The molecule has 0 unspecified atom stereocenters. The molecule has 0 saturated carbocycles. The first-order valence-electron chi connectivity index (χ1n) is 9.40. The molecule has 138 valence electrons. The number of ether oxygens (including phenoxy) is 1. The van der Waals surface area contributed by atoms with Crippen LogP contribution >= 0.6 is 0 Å². The Morgan fingerprint density at radius 3 is 2.58 bits per heavy atom. The molecule has 2 aromatic rings. The zero-order valence-electron chi connectivity index (χ0n) is 15.7. The van der Waals surface area contributed by atoms with Gasteiger partial charge in [0.05, 0.1) is 13.5 Å². The predicted molar refractivity (Wildman–Crippen MR) is 104 cm³/mol. The molecule has 0 aliphatic carbocycles. The van der Waals surface area contributed by atoms with Crippen molar-refractivity contribution < 1.29 is 9.53 Å². The summed E-state index contributed by atoms with van der Waals surface area (Å²) in [5, 5.41) is 3.12. The number of rotatable bonds is 7.